The first-order valence-electron chi connectivity index (χ1n) is 13.6. The van der Waals surface area contributed by atoms with Gasteiger partial charge in [-0.05, 0) is 76.2 Å². The van der Waals surface area contributed by atoms with E-state index in [-0.39, 0.29) is 48.0 Å². The van der Waals surface area contributed by atoms with Crippen LogP contribution in [0.4, 0.5) is 0 Å². The van der Waals surface area contributed by atoms with Gasteiger partial charge in [-0.25, -0.2) is 0 Å². The van der Waals surface area contributed by atoms with Crippen molar-refractivity contribution < 1.29 is 34.4 Å². The van der Waals surface area contributed by atoms with Gasteiger partial charge in [-0.3, -0.25) is 19.8 Å². The average Bonchev–Trinajstić information content (AvgIpc) is 3.57. The van der Waals surface area contributed by atoms with Crippen molar-refractivity contribution in [3.8, 4) is 0 Å². The second-order valence-corrected chi connectivity index (χ2v) is 12.2. The van der Waals surface area contributed by atoms with Crippen LogP contribution >= 0.6 is 0 Å². The average molecular weight is 493 g/mol. The lowest BCUT2D eigenvalue weighted by Gasteiger charge is -2.70. The molecular formula is C26H40N2O7. The number of aliphatic hydroxyl groups excluding tert-OH is 1. The Morgan fingerprint density at radius 2 is 1.97 bits per heavy atom. The number of rotatable bonds is 9. The molecule has 10 atom stereocenters. The van der Waals surface area contributed by atoms with Gasteiger partial charge in [0.1, 0.15) is 6.04 Å². The normalized spacial score (nSPS) is 47.2. The molecular weight excluding hydrogens is 452 g/mol. The fourth-order valence-corrected chi connectivity index (χ4v) is 9.26. The third-order valence-electron chi connectivity index (χ3n) is 10.7. The Morgan fingerprint density at radius 3 is 2.66 bits per heavy atom. The van der Waals surface area contributed by atoms with Gasteiger partial charge in [-0.1, -0.05) is 0 Å². The predicted molar refractivity (Wildman–Crippen MR) is 125 cm³/mol. The summed E-state index contributed by atoms with van der Waals surface area (Å²) in [4.78, 5) is 25.9. The van der Waals surface area contributed by atoms with Crippen molar-refractivity contribution in [1.29, 1.82) is 0 Å². The second kappa shape index (κ2) is 8.65. The number of likely N-dealkylation sites (tertiary alicyclic amines) is 1. The van der Waals surface area contributed by atoms with Crippen molar-refractivity contribution in [2.75, 3.05) is 20.2 Å². The van der Waals surface area contributed by atoms with E-state index in [2.05, 4.69) is 10.2 Å². The molecule has 0 aromatic heterocycles. The van der Waals surface area contributed by atoms with Gasteiger partial charge in [0.25, 0.3) is 0 Å². The highest BCUT2D eigenvalue weighted by atomic mass is 16.5. The van der Waals surface area contributed by atoms with Gasteiger partial charge in [0.2, 0.25) is 0 Å². The summed E-state index contributed by atoms with van der Waals surface area (Å²) in [5.74, 6) is -0.532. The molecule has 5 unspecified atom stereocenters. The Bertz CT molecular complexity index is 867. The summed E-state index contributed by atoms with van der Waals surface area (Å²) in [5.41, 5.74) is -0.636. The molecule has 9 heteroatoms. The van der Waals surface area contributed by atoms with Crippen LogP contribution in [0, 0.1) is 23.2 Å². The van der Waals surface area contributed by atoms with E-state index >= 15 is 0 Å². The van der Waals surface area contributed by atoms with Crippen LogP contribution < -0.4 is 5.32 Å². The van der Waals surface area contributed by atoms with Gasteiger partial charge in [-0.15, -0.1) is 0 Å². The first-order chi connectivity index (χ1) is 16.8. The monoisotopic (exact) mass is 492 g/mol. The van der Waals surface area contributed by atoms with E-state index < -0.39 is 24.1 Å². The number of aliphatic carboxylic acids is 2. The standard InChI is InChI=1S/C26H40N2O7/c1-34-26-9-8-16(27-17(24(32)33)5-7-20(30)31)23-25(26)10-11-28(13-14-2-3-14)19(26)12-15-4-6-18(29)22(35-23)21(15)25/h14-19,21-23,27,29H,2-13H2,1H3,(H,30,31)(H,32,33)/t15?,16-,17-,18?,19?,21?,22?,23-,25-,26+/m0/s1. The summed E-state index contributed by atoms with van der Waals surface area (Å²) >= 11 is 0. The fourth-order valence-electron chi connectivity index (χ4n) is 9.26. The van der Waals surface area contributed by atoms with Crippen LogP contribution in [0.25, 0.3) is 0 Å². The zero-order chi connectivity index (χ0) is 24.5. The summed E-state index contributed by atoms with van der Waals surface area (Å²) in [5, 5.41) is 33.3. The number of nitrogens with one attached hydrogen (secondary N) is 1. The van der Waals surface area contributed by atoms with Gasteiger partial charge in [-0.2, -0.15) is 0 Å². The Kier molecular flexibility index (Phi) is 5.96. The molecule has 1 spiro atoms. The van der Waals surface area contributed by atoms with Crippen molar-refractivity contribution in [3.05, 3.63) is 0 Å². The van der Waals surface area contributed by atoms with Gasteiger partial charge in [0.15, 0.2) is 0 Å². The number of nitrogens with zero attached hydrogens (tertiary/aromatic N) is 1. The lowest BCUT2D eigenvalue weighted by molar-refractivity contribution is -0.272. The van der Waals surface area contributed by atoms with Gasteiger partial charge in [0, 0.05) is 43.5 Å². The number of methoxy groups -OCH3 is 1. The van der Waals surface area contributed by atoms with E-state index in [4.69, 9.17) is 14.6 Å². The van der Waals surface area contributed by atoms with Gasteiger partial charge < -0.3 is 24.8 Å². The van der Waals surface area contributed by atoms with Crippen LogP contribution in [0.2, 0.25) is 0 Å². The van der Waals surface area contributed by atoms with Crippen LogP contribution in [-0.2, 0) is 19.1 Å². The minimum absolute atomic E-state index is 0.0339. The van der Waals surface area contributed by atoms with Crippen LogP contribution in [0.15, 0.2) is 0 Å². The van der Waals surface area contributed by atoms with Crippen LogP contribution in [-0.4, -0.2) is 94.4 Å². The Labute approximate surface area is 206 Å². The quantitative estimate of drug-likeness (QED) is 0.378. The number of carbonyl (C=O) groups is 2. The highest BCUT2D eigenvalue weighted by Crippen LogP contribution is 2.70. The highest BCUT2D eigenvalue weighted by molar-refractivity contribution is 5.75. The fraction of sp³-hybridized carbons (Fsp3) is 0.923. The summed E-state index contributed by atoms with van der Waals surface area (Å²) < 4.78 is 13.4. The maximum absolute atomic E-state index is 12.0. The number of hydrogen-bond acceptors (Lipinski definition) is 7. The summed E-state index contributed by atoms with van der Waals surface area (Å²) in [6, 6.07) is -0.824. The van der Waals surface area contributed by atoms with Gasteiger partial charge >= 0.3 is 11.9 Å². The molecule has 4 aliphatic carbocycles. The Balaban J connectivity index is 1.36. The number of carboxylic acids is 2. The van der Waals surface area contributed by atoms with E-state index in [9.17, 15) is 19.8 Å². The molecule has 6 rings (SSSR count). The van der Waals surface area contributed by atoms with Crippen molar-refractivity contribution in [1.82, 2.24) is 10.2 Å². The number of carboxylic acid groups (broad SMARTS) is 2. The second-order valence-electron chi connectivity index (χ2n) is 12.2. The largest absolute Gasteiger partial charge is 0.481 e. The van der Waals surface area contributed by atoms with Crippen molar-refractivity contribution >= 4 is 11.9 Å². The number of aliphatic hydroxyl groups is 1. The maximum Gasteiger partial charge on any atom is 0.320 e. The SMILES string of the molecule is CO[C@]12CC[C@H](N[C@@H](CCC(=O)O)C(=O)O)[C@@H]3OC4C(O)CCC5CC1N(CC1CC1)CC[C@]32C54. The molecule has 0 aromatic carbocycles. The first-order valence-corrected chi connectivity index (χ1v) is 13.6. The van der Waals surface area contributed by atoms with Crippen LogP contribution in [0.5, 0.6) is 0 Å². The molecule has 0 aromatic rings. The maximum atomic E-state index is 12.0. The van der Waals surface area contributed by atoms with Crippen LogP contribution in [0.1, 0.15) is 64.2 Å². The smallest absolute Gasteiger partial charge is 0.320 e. The molecule has 6 aliphatic rings. The van der Waals surface area contributed by atoms with Gasteiger partial charge in [0.05, 0.1) is 23.9 Å². The zero-order valence-corrected chi connectivity index (χ0v) is 20.6. The minimum Gasteiger partial charge on any atom is -0.481 e. The van der Waals surface area contributed by atoms with Crippen molar-refractivity contribution in [3.63, 3.8) is 0 Å². The molecule has 35 heavy (non-hydrogen) atoms. The summed E-state index contributed by atoms with van der Waals surface area (Å²) in [6.07, 6.45) is 6.79. The molecule has 2 saturated heterocycles. The molecule has 4 N–H and O–H groups in total. The topological polar surface area (TPSA) is 129 Å². The van der Waals surface area contributed by atoms with E-state index in [1.165, 1.54) is 12.8 Å². The molecule has 9 nitrogen and oxygen atoms in total. The van der Waals surface area contributed by atoms with E-state index in [1.54, 1.807) is 0 Å². The first kappa shape index (κ1) is 24.1. The molecule has 2 aliphatic heterocycles. The molecule has 0 amide bonds. The number of ether oxygens (including phenoxy) is 2. The lowest BCUT2D eigenvalue weighted by Crippen LogP contribution is -2.79. The van der Waals surface area contributed by atoms with E-state index in [0.29, 0.717) is 18.4 Å². The minimum atomic E-state index is -1.03. The number of piperidine rings is 1. The Hall–Kier alpha value is -1.26. The molecule has 2 heterocycles. The molecule has 6 fully saturated rings. The number of hydrogen-bond donors (Lipinski definition) is 4. The van der Waals surface area contributed by atoms with E-state index in [0.717, 1.165) is 51.1 Å². The molecule has 196 valence electrons. The van der Waals surface area contributed by atoms with Crippen molar-refractivity contribution in [2.45, 2.75) is 106 Å². The molecule has 0 radical (unpaired) electrons. The highest BCUT2D eigenvalue weighted by Gasteiger charge is 2.78. The van der Waals surface area contributed by atoms with E-state index in [1.807, 2.05) is 7.11 Å². The lowest BCUT2D eigenvalue weighted by atomic mass is 9.42. The summed E-state index contributed by atoms with van der Waals surface area (Å²) in [7, 11) is 1.85. The molecule has 2 bridgehead atoms. The third-order valence-corrected chi connectivity index (χ3v) is 10.7. The third kappa shape index (κ3) is 3.52. The zero-order valence-electron chi connectivity index (χ0n) is 20.6. The molecule has 4 saturated carbocycles. The summed E-state index contributed by atoms with van der Waals surface area (Å²) in [6.45, 7) is 2.13. The Morgan fingerprint density at radius 1 is 1.17 bits per heavy atom. The van der Waals surface area contributed by atoms with Crippen LogP contribution in [0.3, 0.4) is 0 Å². The van der Waals surface area contributed by atoms with Crippen molar-refractivity contribution in [2.24, 2.45) is 23.2 Å². The predicted octanol–water partition coefficient (Wildman–Crippen LogP) is 1.47.